The van der Waals surface area contributed by atoms with Crippen LogP contribution in [-0.2, 0) is 9.84 Å². The van der Waals surface area contributed by atoms with E-state index < -0.39 is 9.84 Å². The Labute approximate surface area is 116 Å². The van der Waals surface area contributed by atoms with E-state index in [1.165, 1.54) is 19.3 Å². The van der Waals surface area contributed by atoms with Crippen LogP contribution < -0.4 is 0 Å². The zero-order valence-corrected chi connectivity index (χ0v) is 12.6. The lowest BCUT2D eigenvalue weighted by atomic mass is 10.1. The van der Waals surface area contributed by atoms with Crippen LogP contribution in [0.15, 0.2) is 29.2 Å². The Morgan fingerprint density at radius 3 is 2.26 bits per heavy atom. The van der Waals surface area contributed by atoms with Gasteiger partial charge in [0.1, 0.15) is 0 Å². The maximum absolute atomic E-state index is 12.4. The van der Waals surface area contributed by atoms with Crippen LogP contribution in [0.25, 0.3) is 0 Å². The average molecular weight is 281 g/mol. The summed E-state index contributed by atoms with van der Waals surface area (Å²) in [5, 5.41) is 0. The largest absolute Gasteiger partial charge is 0.300 e. The number of benzene rings is 1. The maximum atomic E-state index is 12.4. The summed E-state index contributed by atoms with van der Waals surface area (Å²) in [6.45, 7) is 6.05. The third-order valence-electron chi connectivity index (χ3n) is 3.85. The van der Waals surface area contributed by atoms with Crippen LogP contribution in [0.2, 0.25) is 0 Å². The molecule has 1 atom stereocenters. The van der Waals surface area contributed by atoms with Crippen molar-refractivity contribution in [1.82, 2.24) is 4.90 Å². The highest BCUT2D eigenvalue weighted by Crippen LogP contribution is 2.17. The SMILES string of the molecule is Cc1ccc(S(=O)(=O)C[C@H](C)N2CCCCC2)cc1. The summed E-state index contributed by atoms with van der Waals surface area (Å²) in [5.41, 5.74) is 1.09. The summed E-state index contributed by atoms with van der Waals surface area (Å²) in [5.74, 6) is 0.218. The van der Waals surface area contributed by atoms with Gasteiger partial charge in [0.2, 0.25) is 0 Å². The molecule has 3 nitrogen and oxygen atoms in total. The van der Waals surface area contributed by atoms with Crippen LogP contribution in [0, 0.1) is 6.92 Å². The van der Waals surface area contributed by atoms with Gasteiger partial charge in [-0.3, -0.25) is 4.90 Å². The number of aryl methyl sites for hydroxylation is 1. The Morgan fingerprint density at radius 1 is 1.11 bits per heavy atom. The van der Waals surface area contributed by atoms with Crippen LogP contribution >= 0.6 is 0 Å². The van der Waals surface area contributed by atoms with Gasteiger partial charge in [-0.15, -0.1) is 0 Å². The molecule has 1 aromatic rings. The standard InChI is InChI=1S/C15H23NO2S/c1-13-6-8-15(9-7-13)19(17,18)12-14(2)16-10-4-3-5-11-16/h6-9,14H,3-5,10-12H2,1-2H3/t14-/m0/s1. The molecule has 106 valence electrons. The second-order valence-electron chi connectivity index (χ2n) is 5.54. The molecule has 1 aliphatic heterocycles. The predicted octanol–water partition coefficient (Wildman–Crippen LogP) is 2.64. The monoisotopic (exact) mass is 281 g/mol. The third-order valence-corrected chi connectivity index (χ3v) is 5.77. The molecule has 0 saturated carbocycles. The Kier molecular flexibility index (Phi) is 4.63. The van der Waals surface area contributed by atoms with E-state index in [9.17, 15) is 8.42 Å². The first-order valence-corrected chi connectivity index (χ1v) is 8.68. The third kappa shape index (κ3) is 3.80. The second-order valence-corrected chi connectivity index (χ2v) is 7.57. The Bertz CT molecular complexity index is 501. The van der Waals surface area contributed by atoms with Gasteiger partial charge in [0.05, 0.1) is 10.6 Å². The fraction of sp³-hybridized carbons (Fsp3) is 0.600. The van der Waals surface area contributed by atoms with E-state index in [-0.39, 0.29) is 11.8 Å². The van der Waals surface area contributed by atoms with Gasteiger partial charge in [-0.1, -0.05) is 24.1 Å². The normalized spacial score (nSPS) is 19.3. The molecule has 1 fully saturated rings. The van der Waals surface area contributed by atoms with E-state index in [1.807, 2.05) is 26.0 Å². The fourth-order valence-electron chi connectivity index (χ4n) is 2.62. The zero-order chi connectivity index (χ0) is 13.9. The quantitative estimate of drug-likeness (QED) is 0.851. The van der Waals surface area contributed by atoms with Crippen molar-refractivity contribution >= 4 is 9.84 Å². The number of rotatable bonds is 4. The van der Waals surface area contributed by atoms with Crippen molar-refractivity contribution in [1.29, 1.82) is 0 Å². The topological polar surface area (TPSA) is 37.4 Å². The van der Waals surface area contributed by atoms with Crippen molar-refractivity contribution in [3.8, 4) is 0 Å². The highest BCUT2D eigenvalue weighted by molar-refractivity contribution is 7.91. The highest BCUT2D eigenvalue weighted by Gasteiger charge is 2.23. The first-order valence-electron chi connectivity index (χ1n) is 7.02. The number of likely N-dealkylation sites (tertiary alicyclic amines) is 1. The van der Waals surface area contributed by atoms with Crippen LogP contribution in [0.4, 0.5) is 0 Å². The molecule has 0 N–H and O–H groups in total. The van der Waals surface area contributed by atoms with Crippen LogP contribution in [0.3, 0.4) is 0 Å². The summed E-state index contributed by atoms with van der Waals surface area (Å²) in [7, 11) is -3.17. The van der Waals surface area contributed by atoms with Crippen LogP contribution in [0.1, 0.15) is 31.7 Å². The van der Waals surface area contributed by atoms with E-state index in [0.717, 1.165) is 18.7 Å². The van der Waals surface area contributed by atoms with Gasteiger partial charge >= 0.3 is 0 Å². The maximum Gasteiger partial charge on any atom is 0.179 e. The van der Waals surface area contributed by atoms with Crippen LogP contribution in [-0.4, -0.2) is 38.2 Å². The van der Waals surface area contributed by atoms with Gasteiger partial charge in [0.15, 0.2) is 9.84 Å². The molecule has 19 heavy (non-hydrogen) atoms. The first-order chi connectivity index (χ1) is 8.99. The molecule has 1 saturated heterocycles. The van der Waals surface area contributed by atoms with E-state index in [2.05, 4.69) is 4.90 Å². The molecule has 0 aliphatic carbocycles. The molecule has 4 heteroatoms. The van der Waals surface area contributed by atoms with Crippen molar-refractivity contribution in [2.45, 2.75) is 44.0 Å². The highest BCUT2D eigenvalue weighted by atomic mass is 32.2. The minimum atomic E-state index is -3.17. The van der Waals surface area contributed by atoms with Gasteiger partial charge in [0, 0.05) is 6.04 Å². The molecule has 0 spiro atoms. The molecular weight excluding hydrogens is 258 g/mol. The summed E-state index contributed by atoms with van der Waals surface area (Å²) >= 11 is 0. The van der Waals surface area contributed by atoms with Crippen molar-refractivity contribution in [2.24, 2.45) is 0 Å². The smallest absolute Gasteiger partial charge is 0.179 e. The molecule has 2 rings (SSSR count). The van der Waals surface area contributed by atoms with E-state index >= 15 is 0 Å². The van der Waals surface area contributed by atoms with Gasteiger partial charge in [-0.25, -0.2) is 8.42 Å². The van der Waals surface area contributed by atoms with Crippen LogP contribution in [0.5, 0.6) is 0 Å². The lowest BCUT2D eigenvalue weighted by molar-refractivity contribution is 0.186. The predicted molar refractivity (Wildman–Crippen MR) is 78.1 cm³/mol. The number of sulfone groups is 1. The Morgan fingerprint density at radius 2 is 1.68 bits per heavy atom. The Hall–Kier alpha value is -0.870. The summed E-state index contributed by atoms with van der Waals surface area (Å²) in [6, 6.07) is 7.25. The van der Waals surface area contributed by atoms with Gasteiger partial charge in [-0.05, 0) is 51.9 Å². The minimum absolute atomic E-state index is 0.103. The zero-order valence-electron chi connectivity index (χ0n) is 11.8. The number of piperidine rings is 1. The van der Waals surface area contributed by atoms with Gasteiger partial charge < -0.3 is 0 Å². The lowest BCUT2D eigenvalue weighted by Crippen LogP contribution is -2.41. The molecule has 0 amide bonds. The summed E-state index contributed by atoms with van der Waals surface area (Å²) < 4.78 is 24.7. The van der Waals surface area contributed by atoms with Gasteiger partial charge in [0.25, 0.3) is 0 Å². The molecular formula is C15H23NO2S. The lowest BCUT2D eigenvalue weighted by Gasteiger charge is -2.32. The molecule has 1 aromatic carbocycles. The van der Waals surface area contributed by atoms with Gasteiger partial charge in [-0.2, -0.15) is 0 Å². The summed E-state index contributed by atoms with van der Waals surface area (Å²) in [4.78, 5) is 2.75. The number of hydrogen-bond donors (Lipinski definition) is 0. The molecule has 1 heterocycles. The van der Waals surface area contributed by atoms with E-state index in [0.29, 0.717) is 4.90 Å². The molecule has 0 bridgehead atoms. The van der Waals surface area contributed by atoms with Crippen molar-refractivity contribution in [2.75, 3.05) is 18.8 Å². The fourth-order valence-corrected chi connectivity index (χ4v) is 4.21. The average Bonchev–Trinajstić information content (AvgIpc) is 2.40. The van der Waals surface area contributed by atoms with Crippen molar-refractivity contribution < 1.29 is 8.42 Å². The van der Waals surface area contributed by atoms with E-state index in [4.69, 9.17) is 0 Å². The number of hydrogen-bond acceptors (Lipinski definition) is 3. The Balaban J connectivity index is 2.05. The van der Waals surface area contributed by atoms with E-state index in [1.54, 1.807) is 12.1 Å². The van der Waals surface area contributed by atoms with Crippen molar-refractivity contribution in [3.05, 3.63) is 29.8 Å². The minimum Gasteiger partial charge on any atom is -0.300 e. The second kappa shape index (κ2) is 6.06. The molecule has 0 aromatic heterocycles. The number of nitrogens with zero attached hydrogens (tertiary/aromatic N) is 1. The summed E-state index contributed by atoms with van der Waals surface area (Å²) in [6.07, 6.45) is 3.65. The van der Waals surface area contributed by atoms with Crippen molar-refractivity contribution in [3.63, 3.8) is 0 Å². The molecule has 0 unspecified atom stereocenters. The first kappa shape index (κ1) is 14.5. The molecule has 1 aliphatic rings. The molecule has 0 radical (unpaired) electrons.